The first-order valence-electron chi connectivity index (χ1n) is 5.21. The van der Waals surface area contributed by atoms with Crippen LogP contribution in [0, 0.1) is 11.3 Å². The van der Waals surface area contributed by atoms with Crippen LogP contribution in [0.3, 0.4) is 0 Å². The third-order valence-corrected chi connectivity index (χ3v) is 3.56. The van der Waals surface area contributed by atoms with E-state index in [1.807, 2.05) is 12.1 Å². The minimum absolute atomic E-state index is 0.253. The molecule has 1 aromatic heterocycles. The highest BCUT2D eigenvalue weighted by atomic mass is 79.9. The molecule has 0 radical (unpaired) electrons. The second-order valence-electron chi connectivity index (χ2n) is 4.09. The Labute approximate surface area is 103 Å². The molecule has 1 aliphatic rings. The van der Waals surface area contributed by atoms with E-state index in [0.717, 1.165) is 10.2 Å². The number of hydrogen-bond donors (Lipinski definition) is 0. The molecule has 1 saturated carbocycles. The Hall–Kier alpha value is -1.21. The SMILES string of the molecule is N#CC1(c2ccc(Br)cn2)CCC(=O)CC1. The van der Waals surface area contributed by atoms with Gasteiger partial charge in [-0.15, -0.1) is 0 Å². The number of nitrogens with zero attached hydrogens (tertiary/aromatic N) is 2. The van der Waals surface area contributed by atoms with Gasteiger partial charge in [0.25, 0.3) is 0 Å². The molecule has 82 valence electrons. The van der Waals surface area contributed by atoms with Crippen molar-refractivity contribution in [1.29, 1.82) is 5.26 Å². The normalized spacial score (nSPS) is 19.1. The Morgan fingerprint density at radius 3 is 2.56 bits per heavy atom. The Morgan fingerprint density at radius 1 is 1.38 bits per heavy atom. The predicted molar refractivity (Wildman–Crippen MR) is 62.7 cm³/mol. The third kappa shape index (κ3) is 2.00. The summed E-state index contributed by atoms with van der Waals surface area (Å²) < 4.78 is 0.899. The zero-order valence-corrected chi connectivity index (χ0v) is 10.3. The number of aromatic nitrogens is 1. The Kier molecular flexibility index (Phi) is 3.06. The summed E-state index contributed by atoms with van der Waals surface area (Å²) in [7, 11) is 0. The van der Waals surface area contributed by atoms with Gasteiger partial charge in [0.15, 0.2) is 0 Å². The van der Waals surface area contributed by atoms with E-state index in [-0.39, 0.29) is 5.78 Å². The molecule has 4 heteroatoms. The highest BCUT2D eigenvalue weighted by Gasteiger charge is 2.37. The fraction of sp³-hybridized carbons (Fsp3) is 0.417. The largest absolute Gasteiger partial charge is 0.300 e. The Balaban J connectivity index is 2.32. The van der Waals surface area contributed by atoms with E-state index in [1.54, 1.807) is 6.20 Å². The van der Waals surface area contributed by atoms with Gasteiger partial charge >= 0.3 is 0 Å². The number of pyridine rings is 1. The lowest BCUT2D eigenvalue weighted by molar-refractivity contribution is -0.121. The van der Waals surface area contributed by atoms with Crippen molar-refractivity contribution in [3.8, 4) is 6.07 Å². The number of Topliss-reactive ketones (excluding diaryl/α,β-unsaturated/α-hetero) is 1. The van der Waals surface area contributed by atoms with E-state index in [1.165, 1.54) is 0 Å². The number of carbonyl (C=O) groups excluding carboxylic acids is 1. The molecule has 1 heterocycles. The molecule has 0 aliphatic heterocycles. The van der Waals surface area contributed by atoms with Gasteiger partial charge in [-0.2, -0.15) is 5.26 Å². The zero-order chi connectivity index (χ0) is 11.6. The molecule has 0 unspecified atom stereocenters. The van der Waals surface area contributed by atoms with Crippen molar-refractivity contribution in [2.75, 3.05) is 0 Å². The predicted octanol–water partition coefficient (Wildman–Crippen LogP) is 2.75. The van der Waals surface area contributed by atoms with Crippen LogP contribution in [0.1, 0.15) is 31.4 Å². The van der Waals surface area contributed by atoms with Crippen LogP contribution < -0.4 is 0 Å². The molecule has 2 rings (SSSR count). The monoisotopic (exact) mass is 278 g/mol. The summed E-state index contributed by atoms with van der Waals surface area (Å²) >= 11 is 3.32. The minimum Gasteiger partial charge on any atom is -0.300 e. The van der Waals surface area contributed by atoms with Gasteiger partial charge in [0, 0.05) is 23.5 Å². The van der Waals surface area contributed by atoms with E-state index in [2.05, 4.69) is 27.0 Å². The molecule has 1 aromatic rings. The minimum atomic E-state index is -0.561. The molecule has 0 saturated heterocycles. The highest BCUT2D eigenvalue weighted by molar-refractivity contribution is 9.10. The number of halogens is 1. The molecule has 0 N–H and O–H groups in total. The number of rotatable bonds is 1. The molecule has 0 aromatic carbocycles. The number of carbonyl (C=O) groups is 1. The second kappa shape index (κ2) is 4.34. The smallest absolute Gasteiger partial charge is 0.133 e. The van der Waals surface area contributed by atoms with Crippen molar-refractivity contribution in [2.24, 2.45) is 0 Å². The van der Waals surface area contributed by atoms with Crippen molar-refractivity contribution >= 4 is 21.7 Å². The van der Waals surface area contributed by atoms with Crippen molar-refractivity contribution in [3.63, 3.8) is 0 Å². The molecule has 1 fully saturated rings. The van der Waals surface area contributed by atoms with E-state index in [9.17, 15) is 10.1 Å². The van der Waals surface area contributed by atoms with Gasteiger partial charge in [-0.3, -0.25) is 9.78 Å². The number of nitriles is 1. The van der Waals surface area contributed by atoms with Crippen LogP contribution in [0.25, 0.3) is 0 Å². The van der Waals surface area contributed by atoms with Gasteiger partial charge in [0.1, 0.15) is 11.2 Å². The van der Waals surface area contributed by atoms with Gasteiger partial charge in [-0.25, -0.2) is 0 Å². The first-order valence-corrected chi connectivity index (χ1v) is 6.01. The van der Waals surface area contributed by atoms with Crippen LogP contribution in [-0.4, -0.2) is 10.8 Å². The summed E-state index contributed by atoms with van der Waals surface area (Å²) in [5.41, 5.74) is 0.222. The average molecular weight is 279 g/mol. The molecule has 16 heavy (non-hydrogen) atoms. The van der Waals surface area contributed by atoms with Gasteiger partial charge in [-0.05, 0) is 40.9 Å². The van der Waals surface area contributed by atoms with Gasteiger partial charge in [0.2, 0.25) is 0 Å². The van der Waals surface area contributed by atoms with E-state index in [0.29, 0.717) is 25.7 Å². The summed E-state index contributed by atoms with van der Waals surface area (Å²) in [6.45, 7) is 0. The van der Waals surface area contributed by atoms with Crippen LogP contribution in [0.4, 0.5) is 0 Å². The molecule has 0 spiro atoms. The Morgan fingerprint density at radius 2 is 2.06 bits per heavy atom. The fourth-order valence-corrected chi connectivity index (χ4v) is 2.27. The topological polar surface area (TPSA) is 53.8 Å². The molecule has 0 amide bonds. The molecule has 3 nitrogen and oxygen atoms in total. The number of hydrogen-bond acceptors (Lipinski definition) is 3. The van der Waals surface area contributed by atoms with Crippen LogP contribution in [0.15, 0.2) is 22.8 Å². The maximum absolute atomic E-state index is 11.2. The van der Waals surface area contributed by atoms with Gasteiger partial charge in [-0.1, -0.05) is 0 Å². The van der Waals surface area contributed by atoms with Crippen molar-refractivity contribution in [1.82, 2.24) is 4.98 Å². The van der Waals surface area contributed by atoms with Crippen molar-refractivity contribution in [2.45, 2.75) is 31.1 Å². The maximum atomic E-state index is 11.2. The first kappa shape index (κ1) is 11.3. The third-order valence-electron chi connectivity index (χ3n) is 3.09. The molecule has 1 aliphatic carbocycles. The molecular weight excluding hydrogens is 268 g/mol. The van der Waals surface area contributed by atoms with Crippen LogP contribution in [-0.2, 0) is 10.2 Å². The average Bonchev–Trinajstić information content (AvgIpc) is 2.32. The summed E-state index contributed by atoms with van der Waals surface area (Å²) in [6.07, 6.45) is 3.87. The molecular formula is C12H11BrN2O. The lowest BCUT2D eigenvalue weighted by Crippen LogP contribution is -2.31. The van der Waals surface area contributed by atoms with Gasteiger partial charge in [0.05, 0.1) is 11.8 Å². The maximum Gasteiger partial charge on any atom is 0.133 e. The molecule has 0 bridgehead atoms. The quantitative estimate of drug-likeness (QED) is 0.794. The highest BCUT2D eigenvalue weighted by Crippen LogP contribution is 2.36. The van der Waals surface area contributed by atoms with Crippen molar-refractivity contribution in [3.05, 3.63) is 28.5 Å². The fourth-order valence-electron chi connectivity index (χ4n) is 2.04. The zero-order valence-electron chi connectivity index (χ0n) is 8.74. The van der Waals surface area contributed by atoms with Crippen LogP contribution >= 0.6 is 15.9 Å². The number of ketones is 1. The summed E-state index contributed by atoms with van der Waals surface area (Å²) in [6, 6.07) is 6.09. The lowest BCUT2D eigenvalue weighted by atomic mass is 9.72. The van der Waals surface area contributed by atoms with Crippen molar-refractivity contribution < 1.29 is 4.79 Å². The Bertz CT molecular complexity index is 437. The van der Waals surface area contributed by atoms with Gasteiger partial charge < -0.3 is 0 Å². The summed E-state index contributed by atoms with van der Waals surface area (Å²) in [5.74, 6) is 0.253. The molecule has 0 atom stereocenters. The standard InChI is InChI=1S/C12H11BrN2O/c13-9-1-2-11(15-7-9)12(8-14)5-3-10(16)4-6-12/h1-2,7H,3-6H2. The van der Waals surface area contributed by atoms with Crippen LogP contribution in [0.5, 0.6) is 0 Å². The van der Waals surface area contributed by atoms with E-state index < -0.39 is 5.41 Å². The summed E-state index contributed by atoms with van der Waals surface area (Å²) in [5, 5.41) is 9.34. The van der Waals surface area contributed by atoms with Crippen LogP contribution in [0.2, 0.25) is 0 Å². The van der Waals surface area contributed by atoms with E-state index in [4.69, 9.17) is 0 Å². The van der Waals surface area contributed by atoms with E-state index >= 15 is 0 Å². The first-order chi connectivity index (χ1) is 7.66. The second-order valence-corrected chi connectivity index (χ2v) is 5.01. The summed E-state index contributed by atoms with van der Waals surface area (Å²) in [4.78, 5) is 15.5. The lowest BCUT2D eigenvalue weighted by Gasteiger charge is -2.29.